The van der Waals surface area contributed by atoms with Crippen LogP contribution in [0.5, 0.6) is 5.75 Å². The number of carbonyl (C=O) groups is 1. The van der Waals surface area contributed by atoms with Gasteiger partial charge in [0.05, 0.1) is 12.3 Å². The molecule has 0 aliphatic heterocycles. The fraction of sp³-hybridized carbons (Fsp3) is 0.211. The average molecular weight is 400 g/mol. The third-order valence-corrected chi connectivity index (χ3v) is 3.95. The summed E-state index contributed by atoms with van der Waals surface area (Å²) in [5.41, 5.74) is 6.23. The lowest BCUT2D eigenvalue weighted by molar-refractivity contribution is -0.120. The number of rotatable bonds is 6. The first-order chi connectivity index (χ1) is 12.0. The van der Waals surface area contributed by atoms with Gasteiger partial charge in [0.15, 0.2) is 0 Å². The summed E-state index contributed by atoms with van der Waals surface area (Å²) in [6.45, 7) is 4.43. The van der Waals surface area contributed by atoms with Crippen molar-refractivity contribution in [2.45, 2.75) is 26.9 Å². The van der Waals surface area contributed by atoms with E-state index in [1.54, 1.807) is 12.3 Å². The van der Waals surface area contributed by atoms with E-state index in [1.807, 2.05) is 50.2 Å². The summed E-state index contributed by atoms with van der Waals surface area (Å²) < 4.78 is 6.99. The topological polar surface area (TPSA) is 74.5 Å². The summed E-state index contributed by atoms with van der Waals surface area (Å²) in [7, 11) is 0. The maximum Gasteiger partial charge on any atom is 0.254 e. The number of carbonyl (C=O) groups excluding carboxylic acids is 1. The Balaban J connectivity index is 2.04. The molecule has 1 N–H and O–H groups in total. The molecule has 0 aliphatic carbocycles. The molecule has 2 rings (SSSR count). The fourth-order valence-electron chi connectivity index (χ4n) is 2.31. The summed E-state index contributed by atoms with van der Waals surface area (Å²) in [6.07, 6.45) is 1.34. The second-order valence-electron chi connectivity index (χ2n) is 5.53. The van der Waals surface area contributed by atoms with E-state index in [1.165, 1.54) is 0 Å². The van der Waals surface area contributed by atoms with Gasteiger partial charge >= 0.3 is 0 Å². The minimum absolute atomic E-state index is 0.210. The third kappa shape index (κ3) is 5.73. The fourth-order valence-corrected chi connectivity index (χ4v) is 2.58. The summed E-state index contributed by atoms with van der Waals surface area (Å²) >= 11 is 3.42. The molecule has 0 saturated carbocycles. The van der Waals surface area contributed by atoms with Gasteiger partial charge < -0.3 is 4.74 Å². The maximum absolute atomic E-state index is 11.2. The van der Waals surface area contributed by atoms with Crippen molar-refractivity contribution >= 4 is 28.1 Å². The molecular weight excluding hydrogens is 382 g/mol. The van der Waals surface area contributed by atoms with Crippen molar-refractivity contribution in [3.63, 3.8) is 0 Å². The van der Waals surface area contributed by atoms with Crippen molar-refractivity contribution in [3.8, 4) is 11.8 Å². The van der Waals surface area contributed by atoms with E-state index in [0.29, 0.717) is 6.61 Å². The minimum Gasteiger partial charge on any atom is -0.488 e. The van der Waals surface area contributed by atoms with Crippen LogP contribution in [0.1, 0.15) is 28.7 Å². The normalized spacial score (nSPS) is 10.5. The molecule has 0 saturated heterocycles. The minimum atomic E-state index is -0.429. The number of halogens is 1. The number of hydrazone groups is 1. The highest BCUT2D eigenvalue weighted by atomic mass is 79.9. The lowest BCUT2D eigenvalue weighted by Gasteiger charge is -2.13. The SMILES string of the molecule is Cc1cc(/C=N\NC(=O)CC#N)cc(C)c1OCc1ccc(Br)cc1. The van der Waals surface area contributed by atoms with Crippen LogP contribution in [0.4, 0.5) is 0 Å². The smallest absolute Gasteiger partial charge is 0.254 e. The quantitative estimate of drug-likeness (QED) is 0.588. The molecule has 128 valence electrons. The van der Waals surface area contributed by atoms with Crippen LogP contribution < -0.4 is 10.2 Å². The van der Waals surface area contributed by atoms with E-state index in [4.69, 9.17) is 10.00 Å². The van der Waals surface area contributed by atoms with Crippen molar-refractivity contribution in [3.05, 3.63) is 63.1 Å². The first kappa shape index (κ1) is 18.7. The van der Waals surface area contributed by atoms with Gasteiger partial charge in [-0.25, -0.2) is 5.43 Å². The van der Waals surface area contributed by atoms with E-state index < -0.39 is 5.91 Å². The van der Waals surface area contributed by atoms with E-state index in [9.17, 15) is 4.79 Å². The summed E-state index contributed by atoms with van der Waals surface area (Å²) in [4.78, 5) is 11.2. The number of benzene rings is 2. The number of nitriles is 1. The van der Waals surface area contributed by atoms with Crippen molar-refractivity contribution in [1.29, 1.82) is 5.26 Å². The Kier molecular flexibility index (Phi) is 6.72. The highest BCUT2D eigenvalue weighted by molar-refractivity contribution is 9.10. The molecule has 25 heavy (non-hydrogen) atoms. The molecule has 5 nitrogen and oxygen atoms in total. The van der Waals surface area contributed by atoms with E-state index in [0.717, 1.165) is 32.5 Å². The van der Waals surface area contributed by atoms with Crippen molar-refractivity contribution in [2.24, 2.45) is 5.10 Å². The standard InChI is InChI=1S/C19H18BrN3O2/c1-13-9-16(11-22-23-18(24)7-8-21)10-14(2)19(13)25-12-15-3-5-17(20)6-4-15/h3-6,9-11H,7,12H2,1-2H3,(H,23,24)/b22-11-. The molecule has 0 bridgehead atoms. The van der Waals surface area contributed by atoms with Crippen LogP contribution in [0, 0.1) is 25.2 Å². The van der Waals surface area contributed by atoms with Gasteiger partial charge in [-0.1, -0.05) is 28.1 Å². The predicted octanol–water partition coefficient (Wildman–Crippen LogP) is 4.01. The Labute approximate surface area is 155 Å². The van der Waals surface area contributed by atoms with E-state index >= 15 is 0 Å². The molecule has 1 amide bonds. The molecule has 0 atom stereocenters. The molecule has 0 unspecified atom stereocenters. The van der Waals surface area contributed by atoms with Crippen LogP contribution in [-0.2, 0) is 11.4 Å². The Morgan fingerprint density at radius 1 is 1.28 bits per heavy atom. The molecule has 0 aromatic heterocycles. The second kappa shape index (κ2) is 9.00. The summed E-state index contributed by atoms with van der Waals surface area (Å²) in [5.74, 6) is 0.412. The molecule has 0 spiro atoms. The van der Waals surface area contributed by atoms with Gasteiger partial charge in [-0.05, 0) is 60.4 Å². The Bertz CT molecular complexity index is 801. The monoisotopic (exact) mass is 399 g/mol. The van der Waals surface area contributed by atoms with Gasteiger partial charge in [0.25, 0.3) is 5.91 Å². The van der Waals surface area contributed by atoms with Crippen LogP contribution >= 0.6 is 15.9 Å². The molecule has 2 aromatic carbocycles. The van der Waals surface area contributed by atoms with Crippen LogP contribution in [0.3, 0.4) is 0 Å². The van der Waals surface area contributed by atoms with Gasteiger partial charge in [-0.3, -0.25) is 4.79 Å². The molecular formula is C19H18BrN3O2. The van der Waals surface area contributed by atoms with Gasteiger partial charge in [0, 0.05) is 4.47 Å². The molecule has 2 aromatic rings. The average Bonchev–Trinajstić information content (AvgIpc) is 2.56. The van der Waals surface area contributed by atoms with Crippen LogP contribution in [-0.4, -0.2) is 12.1 Å². The van der Waals surface area contributed by atoms with Crippen LogP contribution in [0.15, 0.2) is 46.0 Å². The van der Waals surface area contributed by atoms with E-state index in [-0.39, 0.29) is 6.42 Å². The Morgan fingerprint density at radius 2 is 1.92 bits per heavy atom. The number of ether oxygens (including phenoxy) is 1. The Hall–Kier alpha value is -2.65. The largest absolute Gasteiger partial charge is 0.488 e. The zero-order valence-electron chi connectivity index (χ0n) is 14.0. The molecule has 0 heterocycles. The van der Waals surface area contributed by atoms with Crippen LogP contribution in [0.2, 0.25) is 0 Å². The zero-order valence-corrected chi connectivity index (χ0v) is 15.6. The first-order valence-corrected chi connectivity index (χ1v) is 8.46. The van der Waals surface area contributed by atoms with Gasteiger partial charge in [0.2, 0.25) is 0 Å². The number of amides is 1. The lowest BCUT2D eigenvalue weighted by Crippen LogP contribution is -2.16. The number of nitrogens with zero attached hydrogens (tertiary/aromatic N) is 2. The first-order valence-electron chi connectivity index (χ1n) is 7.67. The number of hydrogen-bond acceptors (Lipinski definition) is 4. The van der Waals surface area contributed by atoms with Crippen LogP contribution in [0.25, 0.3) is 0 Å². The Morgan fingerprint density at radius 3 is 2.52 bits per heavy atom. The lowest BCUT2D eigenvalue weighted by atomic mass is 10.1. The molecule has 0 fully saturated rings. The number of aryl methyl sites for hydroxylation is 2. The number of hydrogen-bond donors (Lipinski definition) is 1. The molecule has 0 aliphatic rings. The third-order valence-electron chi connectivity index (χ3n) is 3.42. The highest BCUT2D eigenvalue weighted by Gasteiger charge is 2.07. The highest BCUT2D eigenvalue weighted by Crippen LogP contribution is 2.25. The maximum atomic E-state index is 11.2. The van der Waals surface area contributed by atoms with Gasteiger partial charge in [-0.15, -0.1) is 0 Å². The van der Waals surface area contributed by atoms with Crippen molar-refractivity contribution in [1.82, 2.24) is 5.43 Å². The molecule has 6 heteroatoms. The van der Waals surface area contributed by atoms with Crippen molar-refractivity contribution < 1.29 is 9.53 Å². The van der Waals surface area contributed by atoms with Crippen molar-refractivity contribution in [2.75, 3.05) is 0 Å². The van der Waals surface area contributed by atoms with Gasteiger partial charge in [-0.2, -0.15) is 10.4 Å². The zero-order chi connectivity index (χ0) is 18.2. The second-order valence-corrected chi connectivity index (χ2v) is 6.44. The number of nitrogens with one attached hydrogen (secondary N) is 1. The molecule has 0 radical (unpaired) electrons. The van der Waals surface area contributed by atoms with E-state index in [2.05, 4.69) is 26.5 Å². The summed E-state index contributed by atoms with van der Waals surface area (Å²) in [5, 5.41) is 12.3. The van der Waals surface area contributed by atoms with Gasteiger partial charge in [0.1, 0.15) is 18.8 Å². The summed E-state index contributed by atoms with van der Waals surface area (Å²) in [6, 6.07) is 13.6. The predicted molar refractivity (Wildman–Crippen MR) is 100 cm³/mol.